The van der Waals surface area contributed by atoms with Crippen molar-refractivity contribution >= 4 is 23.5 Å². The van der Waals surface area contributed by atoms with Gasteiger partial charge in [-0.05, 0) is 53.2 Å². The van der Waals surface area contributed by atoms with Crippen molar-refractivity contribution in [2.75, 3.05) is 0 Å². The molecular formula is C16H13N3OS. The van der Waals surface area contributed by atoms with Gasteiger partial charge in [0.25, 0.3) is 5.91 Å². The van der Waals surface area contributed by atoms with Crippen molar-refractivity contribution in [3.8, 4) is 5.69 Å². The van der Waals surface area contributed by atoms with Crippen molar-refractivity contribution in [3.05, 3.63) is 76.7 Å². The number of nitrogens with one attached hydrogen (secondary N) is 1. The SMILES string of the molecule is O=C(NN=Cc1ccsc1)c1ccc(-n2cccc2)cc1. The Morgan fingerprint density at radius 3 is 2.57 bits per heavy atom. The lowest BCUT2D eigenvalue weighted by Gasteiger charge is -2.04. The van der Waals surface area contributed by atoms with Crippen LogP contribution in [0.15, 0.2) is 70.7 Å². The van der Waals surface area contributed by atoms with Gasteiger partial charge < -0.3 is 4.57 Å². The van der Waals surface area contributed by atoms with Crippen LogP contribution in [0, 0.1) is 0 Å². The predicted octanol–water partition coefficient (Wildman–Crippen LogP) is 3.30. The molecule has 5 heteroatoms. The molecule has 2 heterocycles. The average Bonchev–Trinajstić information content (AvgIpc) is 3.21. The first-order valence-electron chi connectivity index (χ1n) is 6.42. The second kappa shape index (κ2) is 6.19. The number of rotatable bonds is 4. The molecule has 0 saturated carbocycles. The summed E-state index contributed by atoms with van der Waals surface area (Å²) in [6, 6.07) is 13.2. The van der Waals surface area contributed by atoms with Crippen LogP contribution in [0.5, 0.6) is 0 Å². The van der Waals surface area contributed by atoms with Gasteiger partial charge in [-0.25, -0.2) is 5.43 Å². The molecule has 21 heavy (non-hydrogen) atoms. The Morgan fingerprint density at radius 1 is 1.14 bits per heavy atom. The standard InChI is InChI=1S/C16H13N3OS/c20-16(18-17-11-13-7-10-21-12-13)14-3-5-15(6-4-14)19-8-1-2-9-19/h1-12H,(H,18,20). The number of thiophene rings is 1. The molecule has 0 spiro atoms. The van der Waals surface area contributed by atoms with Gasteiger partial charge in [-0.1, -0.05) is 0 Å². The Bertz CT molecular complexity index is 728. The van der Waals surface area contributed by atoms with Crippen molar-refractivity contribution in [1.82, 2.24) is 9.99 Å². The maximum atomic E-state index is 11.9. The molecule has 0 bridgehead atoms. The Hall–Kier alpha value is -2.66. The number of hydrogen-bond acceptors (Lipinski definition) is 3. The highest BCUT2D eigenvalue weighted by atomic mass is 32.1. The van der Waals surface area contributed by atoms with Crippen LogP contribution in [0.3, 0.4) is 0 Å². The van der Waals surface area contributed by atoms with Crippen LogP contribution in [0.25, 0.3) is 5.69 Å². The summed E-state index contributed by atoms with van der Waals surface area (Å²) in [5.74, 6) is -0.222. The van der Waals surface area contributed by atoms with Crippen molar-refractivity contribution in [1.29, 1.82) is 0 Å². The maximum absolute atomic E-state index is 11.9. The molecular weight excluding hydrogens is 282 g/mol. The van der Waals surface area contributed by atoms with Crippen LogP contribution in [-0.2, 0) is 0 Å². The quantitative estimate of drug-likeness (QED) is 0.582. The van der Waals surface area contributed by atoms with Gasteiger partial charge >= 0.3 is 0 Å². The maximum Gasteiger partial charge on any atom is 0.271 e. The molecule has 0 saturated heterocycles. The normalized spacial score (nSPS) is 10.9. The lowest BCUT2D eigenvalue weighted by molar-refractivity contribution is 0.0955. The van der Waals surface area contributed by atoms with Crippen LogP contribution in [0.4, 0.5) is 0 Å². The minimum Gasteiger partial charge on any atom is -0.324 e. The number of amides is 1. The number of hydrazone groups is 1. The Morgan fingerprint density at radius 2 is 1.90 bits per heavy atom. The second-order valence-electron chi connectivity index (χ2n) is 4.39. The van der Waals surface area contributed by atoms with Crippen LogP contribution >= 0.6 is 11.3 Å². The van der Waals surface area contributed by atoms with Crippen molar-refractivity contribution < 1.29 is 4.79 Å². The zero-order chi connectivity index (χ0) is 14.5. The van der Waals surface area contributed by atoms with E-state index in [2.05, 4.69) is 10.5 Å². The van der Waals surface area contributed by atoms with Gasteiger partial charge in [-0.15, -0.1) is 0 Å². The summed E-state index contributed by atoms with van der Waals surface area (Å²) in [7, 11) is 0. The van der Waals surface area contributed by atoms with E-state index in [0.717, 1.165) is 11.3 Å². The number of carbonyl (C=O) groups is 1. The van der Waals surface area contributed by atoms with Gasteiger partial charge in [-0.2, -0.15) is 16.4 Å². The van der Waals surface area contributed by atoms with Crippen molar-refractivity contribution in [2.45, 2.75) is 0 Å². The Balaban J connectivity index is 1.65. The van der Waals surface area contributed by atoms with Crippen LogP contribution in [0.2, 0.25) is 0 Å². The molecule has 1 N–H and O–H groups in total. The Kier molecular flexibility index (Phi) is 3.93. The summed E-state index contributed by atoms with van der Waals surface area (Å²) in [6.45, 7) is 0. The largest absolute Gasteiger partial charge is 0.324 e. The summed E-state index contributed by atoms with van der Waals surface area (Å²) in [5, 5.41) is 7.86. The molecule has 3 rings (SSSR count). The first-order chi connectivity index (χ1) is 10.3. The van der Waals surface area contributed by atoms with Crippen molar-refractivity contribution in [3.63, 3.8) is 0 Å². The lowest BCUT2D eigenvalue weighted by atomic mass is 10.2. The molecule has 1 amide bonds. The highest BCUT2D eigenvalue weighted by Gasteiger charge is 2.04. The van der Waals surface area contributed by atoms with E-state index in [0.29, 0.717) is 5.56 Å². The fourth-order valence-corrected chi connectivity index (χ4v) is 2.48. The highest BCUT2D eigenvalue weighted by molar-refractivity contribution is 7.08. The highest BCUT2D eigenvalue weighted by Crippen LogP contribution is 2.10. The van der Waals surface area contributed by atoms with Crippen LogP contribution < -0.4 is 5.43 Å². The van der Waals surface area contributed by atoms with E-state index in [1.807, 2.05) is 58.1 Å². The van der Waals surface area contributed by atoms with Gasteiger partial charge in [0, 0.05) is 29.2 Å². The molecule has 0 atom stereocenters. The number of carbonyl (C=O) groups excluding carboxylic acids is 1. The van der Waals surface area contributed by atoms with E-state index in [9.17, 15) is 4.79 Å². The summed E-state index contributed by atoms with van der Waals surface area (Å²) >= 11 is 1.59. The first-order valence-corrected chi connectivity index (χ1v) is 7.36. The topological polar surface area (TPSA) is 46.4 Å². The van der Waals surface area contributed by atoms with E-state index in [4.69, 9.17) is 0 Å². The van der Waals surface area contributed by atoms with E-state index >= 15 is 0 Å². The zero-order valence-electron chi connectivity index (χ0n) is 11.1. The van der Waals surface area contributed by atoms with Crippen LogP contribution in [0.1, 0.15) is 15.9 Å². The summed E-state index contributed by atoms with van der Waals surface area (Å²) in [5.41, 5.74) is 5.08. The second-order valence-corrected chi connectivity index (χ2v) is 5.17. The van der Waals surface area contributed by atoms with Crippen molar-refractivity contribution in [2.24, 2.45) is 5.10 Å². The van der Waals surface area contributed by atoms with Gasteiger partial charge in [0.05, 0.1) is 6.21 Å². The van der Waals surface area contributed by atoms with E-state index in [1.165, 1.54) is 0 Å². The monoisotopic (exact) mass is 295 g/mol. The predicted molar refractivity (Wildman–Crippen MR) is 85.1 cm³/mol. The molecule has 2 aromatic heterocycles. The third-order valence-corrected chi connectivity index (χ3v) is 3.66. The molecule has 0 radical (unpaired) electrons. The summed E-state index contributed by atoms with van der Waals surface area (Å²) < 4.78 is 1.98. The molecule has 0 aliphatic heterocycles. The first kappa shape index (κ1) is 13.3. The van der Waals surface area contributed by atoms with Gasteiger partial charge in [0.1, 0.15) is 0 Å². The van der Waals surface area contributed by atoms with E-state index < -0.39 is 0 Å². The Labute approximate surface area is 126 Å². The smallest absolute Gasteiger partial charge is 0.271 e. The van der Waals surface area contributed by atoms with Gasteiger partial charge in [0.2, 0.25) is 0 Å². The molecule has 3 aromatic rings. The fourth-order valence-electron chi connectivity index (χ4n) is 1.87. The number of hydrogen-bond donors (Lipinski definition) is 1. The zero-order valence-corrected chi connectivity index (χ0v) is 12.0. The molecule has 0 aliphatic carbocycles. The third kappa shape index (κ3) is 3.27. The van der Waals surface area contributed by atoms with E-state index in [1.54, 1.807) is 29.7 Å². The van der Waals surface area contributed by atoms with Gasteiger partial charge in [0.15, 0.2) is 0 Å². The lowest BCUT2D eigenvalue weighted by Crippen LogP contribution is -2.17. The van der Waals surface area contributed by atoms with E-state index in [-0.39, 0.29) is 5.91 Å². The van der Waals surface area contributed by atoms with Crippen LogP contribution in [-0.4, -0.2) is 16.7 Å². The average molecular weight is 295 g/mol. The molecule has 0 unspecified atom stereocenters. The summed E-state index contributed by atoms with van der Waals surface area (Å²) in [6.07, 6.45) is 5.54. The molecule has 0 aliphatic rings. The minimum atomic E-state index is -0.222. The fraction of sp³-hybridized carbons (Fsp3) is 0. The van der Waals surface area contributed by atoms with Gasteiger partial charge in [-0.3, -0.25) is 4.79 Å². The number of benzene rings is 1. The molecule has 0 fully saturated rings. The minimum absolute atomic E-state index is 0.222. The molecule has 4 nitrogen and oxygen atoms in total. The molecule has 1 aromatic carbocycles. The number of nitrogens with zero attached hydrogens (tertiary/aromatic N) is 2. The number of aromatic nitrogens is 1. The molecule has 104 valence electrons. The summed E-state index contributed by atoms with van der Waals surface area (Å²) in [4.78, 5) is 11.9. The third-order valence-electron chi connectivity index (χ3n) is 2.95.